The average Bonchev–Trinajstić information content (AvgIpc) is 2.85. The molecule has 0 aromatic heterocycles. The molecule has 1 aromatic carbocycles. The normalized spacial score (nSPS) is 13.6. The van der Waals surface area contributed by atoms with Crippen molar-refractivity contribution < 1.29 is 9.47 Å². The third-order valence-corrected chi connectivity index (χ3v) is 3.80. The van der Waals surface area contributed by atoms with Crippen molar-refractivity contribution in [1.29, 1.82) is 0 Å². The fraction of sp³-hybridized carbons (Fsp3) is 0.625. The van der Waals surface area contributed by atoms with Crippen LogP contribution in [0.25, 0.3) is 0 Å². The van der Waals surface area contributed by atoms with E-state index in [1.54, 1.807) is 0 Å². The number of ether oxygens (including phenoxy) is 2. The highest BCUT2D eigenvalue weighted by molar-refractivity contribution is 9.10. The second kappa shape index (κ2) is 8.01. The van der Waals surface area contributed by atoms with Crippen LogP contribution in [0.3, 0.4) is 0 Å². The molecule has 20 heavy (non-hydrogen) atoms. The summed E-state index contributed by atoms with van der Waals surface area (Å²) in [6.45, 7) is 7.70. The molecule has 0 spiro atoms. The van der Waals surface area contributed by atoms with Crippen LogP contribution in [0.1, 0.15) is 37.8 Å². The van der Waals surface area contributed by atoms with E-state index in [1.807, 2.05) is 0 Å². The number of unbranched alkanes of at least 4 members (excludes halogenated alkanes) is 1. The molecule has 1 heterocycles. The lowest BCUT2D eigenvalue weighted by Gasteiger charge is -2.11. The Balaban J connectivity index is 1.70. The molecular formula is C16H24BrNO2. The minimum Gasteiger partial charge on any atom is -0.493 e. The van der Waals surface area contributed by atoms with E-state index in [2.05, 4.69) is 47.2 Å². The van der Waals surface area contributed by atoms with Crippen molar-refractivity contribution in [3.63, 3.8) is 0 Å². The van der Waals surface area contributed by atoms with E-state index >= 15 is 0 Å². The zero-order valence-corrected chi connectivity index (χ0v) is 14.0. The Hall–Kier alpha value is -0.580. The van der Waals surface area contributed by atoms with Crippen LogP contribution in [0.15, 0.2) is 16.6 Å². The molecule has 0 saturated carbocycles. The fourth-order valence-electron chi connectivity index (χ4n) is 2.37. The van der Waals surface area contributed by atoms with E-state index in [9.17, 15) is 0 Å². The largest absolute Gasteiger partial charge is 0.493 e. The Morgan fingerprint density at radius 2 is 2.20 bits per heavy atom. The van der Waals surface area contributed by atoms with Gasteiger partial charge in [0.25, 0.3) is 0 Å². The third-order valence-electron chi connectivity index (χ3n) is 3.34. The maximum atomic E-state index is 5.73. The van der Waals surface area contributed by atoms with Crippen molar-refractivity contribution in [3.05, 3.63) is 27.7 Å². The lowest BCUT2D eigenvalue weighted by Crippen LogP contribution is -2.16. The molecule has 0 unspecified atom stereocenters. The van der Waals surface area contributed by atoms with Crippen molar-refractivity contribution in [2.45, 2.75) is 45.8 Å². The third kappa shape index (κ3) is 4.76. The van der Waals surface area contributed by atoms with E-state index in [0.29, 0.717) is 6.10 Å². The molecule has 0 aliphatic carbocycles. The van der Waals surface area contributed by atoms with Gasteiger partial charge in [-0.05, 0) is 50.9 Å². The standard InChI is InChI=1S/C16H24BrNO2/c1-12(2)19-7-4-3-6-18-11-14-10-15(17)9-13-5-8-20-16(13)14/h9-10,12,18H,3-8,11H2,1-2H3. The summed E-state index contributed by atoms with van der Waals surface area (Å²) < 4.78 is 12.4. The number of benzene rings is 1. The van der Waals surface area contributed by atoms with Gasteiger partial charge in [0, 0.05) is 29.6 Å². The van der Waals surface area contributed by atoms with Gasteiger partial charge in [0.05, 0.1) is 12.7 Å². The molecule has 1 aliphatic rings. The maximum Gasteiger partial charge on any atom is 0.127 e. The predicted molar refractivity (Wildman–Crippen MR) is 85.4 cm³/mol. The number of rotatable bonds is 8. The molecule has 0 bridgehead atoms. The predicted octanol–water partition coefficient (Wildman–Crippen LogP) is 3.68. The number of fused-ring (bicyclic) bond motifs is 1. The summed E-state index contributed by atoms with van der Waals surface area (Å²) in [7, 11) is 0. The zero-order chi connectivity index (χ0) is 14.4. The van der Waals surface area contributed by atoms with E-state index < -0.39 is 0 Å². The van der Waals surface area contributed by atoms with Gasteiger partial charge in [-0.1, -0.05) is 15.9 Å². The van der Waals surface area contributed by atoms with Crippen LogP contribution in [0.4, 0.5) is 0 Å². The number of halogens is 1. The van der Waals surface area contributed by atoms with Gasteiger partial charge in [-0.25, -0.2) is 0 Å². The van der Waals surface area contributed by atoms with Crippen LogP contribution in [0.2, 0.25) is 0 Å². The Bertz CT molecular complexity index is 435. The van der Waals surface area contributed by atoms with Crippen molar-refractivity contribution in [3.8, 4) is 5.75 Å². The van der Waals surface area contributed by atoms with Gasteiger partial charge < -0.3 is 14.8 Å². The fourth-order valence-corrected chi connectivity index (χ4v) is 2.92. The Kier molecular flexibility index (Phi) is 6.33. The SMILES string of the molecule is CC(C)OCCCCNCc1cc(Br)cc2c1OCC2. The van der Waals surface area contributed by atoms with Gasteiger partial charge >= 0.3 is 0 Å². The van der Waals surface area contributed by atoms with Gasteiger partial charge in [0.2, 0.25) is 0 Å². The second-order valence-corrected chi connectivity index (χ2v) is 6.37. The lowest BCUT2D eigenvalue weighted by molar-refractivity contribution is 0.0760. The van der Waals surface area contributed by atoms with E-state index in [4.69, 9.17) is 9.47 Å². The van der Waals surface area contributed by atoms with Crippen LogP contribution < -0.4 is 10.1 Å². The molecule has 1 aromatic rings. The Morgan fingerprint density at radius 1 is 1.35 bits per heavy atom. The van der Waals surface area contributed by atoms with Crippen LogP contribution in [-0.2, 0) is 17.7 Å². The molecule has 1 aliphatic heterocycles. The van der Waals surface area contributed by atoms with Crippen molar-refractivity contribution >= 4 is 15.9 Å². The first-order valence-corrected chi connectivity index (χ1v) is 8.22. The van der Waals surface area contributed by atoms with Crippen LogP contribution in [0.5, 0.6) is 5.75 Å². The van der Waals surface area contributed by atoms with Crippen molar-refractivity contribution in [2.24, 2.45) is 0 Å². The first kappa shape index (κ1) is 15.8. The summed E-state index contributed by atoms with van der Waals surface area (Å²) in [5.41, 5.74) is 2.58. The molecule has 0 fully saturated rings. The van der Waals surface area contributed by atoms with Gasteiger partial charge in [-0.15, -0.1) is 0 Å². The average molecular weight is 342 g/mol. The van der Waals surface area contributed by atoms with Crippen LogP contribution in [-0.4, -0.2) is 25.9 Å². The number of hydrogen-bond acceptors (Lipinski definition) is 3. The summed E-state index contributed by atoms with van der Waals surface area (Å²) in [6, 6.07) is 4.31. The first-order valence-electron chi connectivity index (χ1n) is 7.43. The smallest absolute Gasteiger partial charge is 0.127 e. The summed E-state index contributed by atoms with van der Waals surface area (Å²) in [5.74, 6) is 1.09. The van der Waals surface area contributed by atoms with Gasteiger partial charge in [-0.3, -0.25) is 0 Å². The van der Waals surface area contributed by atoms with Gasteiger partial charge in [0.15, 0.2) is 0 Å². The minimum absolute atomic E-state index is 0.337. The molecule has 112 valence electrons. The lowest BCUT2D eigenvalue weighted by atomic mass is 10.1. The second-order valence-electron chi connectivity index (χ2n) is 5.46. The summed E-state index contributed by atoms with van der Waals surface area (Å²) in [6.07, 6.45) is 3.61. The highest BCUT2D eigenvalue weighted by Crippen LogP contribution is 2.32. The van der Waals surface area contributed by atoms with E-state index in [0.717, 1.165) is 55.8 Å². The Labute approximate surface area is 130 Å². The topological polar surface area (TPSA) is 30.5 Å². The molecule has 4 heteroatoms. The van der Waals surface area contributed by atoms with Crippen LogP contribution >= 0.6 is 15.9 Å². The van der Waals surface area contributed by atoms with Crippen molar-refractivity contribution in [1.82, 2.24) is 5.32 Å². The highest BCUT2D eigenvalue weighted by Gasteiger charge is 2.16. The minimum atomic E-state index is 0.337. The number of nitrogens with one attached hydrogen (secondary N) is 1. The van der Waals surface area contributed by atoms with Gasteiger partial charge in [0.1, 0.15) is 5.75 Å². The molecule has 0 amide bonds. The summed E-state index contributed by atoms with van der Waals surface area (Å²) >= 11 is 3.57. The molecular weight excluding hydrogens is 318 g/mol. The summed E-state index contributed by atoms with van der Waals surface area (Å²) in [4.78, 5) is 0. The Morgan fingerprint density at radius 3 is 3.00 bits per heavy atom. The highest BCUT2D eigenvalue weighted by atomic mass is 79.9. The van der Waals surface area contributed by atoms with Crippen LogP contribution in [0, 0.1) is 0 Å². The molecule has 0 saturated heterocycles. The quantitative estimate of drug-likeness (QED) is 0.731. The monoisotopic (exact) mass is 341 g/mol. The number of hydrogen-bond donors (Lipinski definition) is 1. The van der Waals surface area contributed by atoms with E-state index in [1.165, 1.54) is 11.1 Å². The molecule has 1 N–H and O–H groups in total. The maximum absolute atomic E-state index is 5.73. The zero-order valence-electron chi connectivity index (χ0n) is 12.4. The molecule has 0 atom stereocenters. The van der Waals surface area contributed by atoms with Crippen molar-refractivity contribution in [2.75, 3.05) is 19.8 Å². The molecule has 3 nitrogen and oxygen atoms in total. The first-order chi connectivity index (χ1) is 9.66. The molecule has 2 rings (SSSR count). The van der Waals surface area contributed by atoms with Gasteiger partial charge in [-0.2, -0.15) is 0 Å². The molecule has 0 radical (unpaired) electrons. The summed E-state index contributed by atoms with van der Waals surface area (Å²) in [5, 5.41) is 3.49. The van der Waals surface area contributed by atoms with E-state index in [-0.39, 0.29) is 0 Å².